The van der Waals surface area contributed by atoms with Crippen LogP contribution < -0.4 is 10.1 Å². The van der Waals surface area contributed by atoms with Crippen molar-refractivity contribution in [3.05, 3.63) is 77.7 Å². The van der Waals surface area contributed by atoms with Gasteiger partial charge in [0.2, 0.25) is 0 Å². The predicted octanol–water partition coefficient (Wildman–Crippen LogP) is 4.04. The zero-order valence-corrected chi connectivity index (χ0v) is 14.4. The Morgan fingerprint density at radius 1 is 1.27 bits per heavy atom. The van der Waals surface area contributed by atoms with Crippen LogP contribution in [0.5, 0.6) is 5.75 Å². The molecule has 0 fully saturated rings. The molecule has 0 aliphatic heterocycles. The molecule has 0 spiro atoms. The van der Waals surface area contributed by atoms with Crippen molar-refractivity contribution in [3.63, 3.8) is 0 Å². The van der Waals surface area contributed by atoms with Crippen molar-refractivity contribution in [2.75, 3.05) is 7.11 Å². The Kier molecular flexibility index (Phi) is 5.49. The number of benzene rings is 1. The van der Waals surface area contributed by atoms with Gasteiger partial charge >= 0.3 is 0 Å². The number of methoxy groups -OCH3 is 1. The lowest BCUT2D eigenvalue weighted by Gasteiger charge is -2.06. The van der Waals surface area contributed by atoms with Crippen LogP contribution in [0.2, 0.25) is 0 Å². The zero-order valence-electron chi connectivity index (χ0n) is 14.4. The quantitative estimate of drug-likeness (QED) is 0.799. The first-order chi connectivity index (χ1) is 12.7. The number of allylic oxidation sites excluding steroid dienone is 5. The largest absolute Gasteiger partial charge is 0.496 e. The minimum absolute atomic E-state index is 0.220. The van der Waals surface area contributed by atoms with Crippen molar-refractivity contribution in [2.45, 2.75) is 12.8 Å². The summed E-state index contributed by atoms with van der Waals surface area (Å²) in [5.74, 6) is 1.14. The number of ether oxygens (including phenoxy) is 1. The fourth-order valence-corrected chi connectivity index (χ4v) is 2.67. The molecule has 1 N–H and O–H groups in total. The summed E-state index contributed by atoms with van der Waals surface area (Å²) < 4.78 is 11.0. The maximum atomic E-state index is 12.5. The summed E-state index contributed by atoms with van der Waals surface area (Å²) in [5.41, 5.74) is 2.45. The molecule has 1 aliphatic rings. The standard InChI is InChI=1S/C21H19NO4/c1-25-18-8-3-2-7-17(18)19-11-12-20(26-19)21(24)22-16-6-4-5-15(9-10-16)13-14-23/h2-9,11-12,14H,10,13H2,1H3,(H,22,24). The summed E-state index contributed by atoms with van der Waals surface area (Å²) in [6.45, 7) is 0. The monoisotopic (exact) mass is 349 g/mol. The van der Waals surface area contributed by atoms with E-state index in [1.165, 1.54) is 0 Å². The van der Waals surface area contributed by atoms with Crippen molar-refractivity contribution in [1.29, 1.82) is 0 Å². The third kappa shape index (κ3) is 4.00. The Balaban J connectivity index is 1.72. The highest BCUT2D eigenvalue weighted by Gasteiger charge is 2.15. The van der Waals surface area contributed by atoms with Crippen LogP contribution in [-0.4, -0.2) is 19.3 Å². The zero-order chi connectivity index (χ0) is 18.4. The van der Waals surface area contributed by atoms with Gasteiger partial charge in [-0.25, -0.2) is 0 Å². The van der Waals surface area contributed by atoms with Crippen molar-refractivity contribution in [1.82, 2.24) is 5.32 Å². The number of rotatable bonds is 6. The van der Waals surface area contributed by atoms with E-state index in [0.29, 0.717) is 24.4 Å². The molecule has 0 saturated carbocycles. The topological polar surface area (TPSA) is 68.5 Å². The Labute approximate surface area is 151 Å². The molecular weight excluding hydrogens is 330 g/mol. The fraction of sp³-hybridized carbons (Fsp3) is 0.143. The third-order valence-corrected chi connectivity index (χ3v) is 3.99. The van der Waals surface area contributed by atoms with E-state index in [-0.39, 0.29) is 11.7 Å². The third-order valence-electron chi connectivity index (χ3n) is 3.99. The molecular formula is C21H19NO4. The van der Waals surface area contributed by atoms with Crippen molar-refractivity contribution in [3.8, 4) is 17.1 Å². The van der Waals surface area contributed by atoms with Crippen LogP contribution in [-0.2, 0) is 4.79 Å². The van der Waals surface area contributed by atoms with Gasteiger partial charge in [0, 0.05) is 18.5 Å². The number of amides is 1. The molecule has 2 aromatic rings. The second-order valence-electron chi connectivity index (χ2n) is 5.72. The highest BCUT2D eigenvalue weighted by Crippen LogP contribution is 2.30. The maximum absolute atomic E-state index is 12.5. The highest BCUT2D eigenvalue weighted by molar-refractivity contribution is 5.93. The van der Waals surface area contributed by atoms with E-state index in [4.69, 9.17) is 9.15 Å². The van der Waals surface area contributed by atoms with Gasteiger partial charge in [-0.05, 0) is 35.9 Å². The van der Waals surface area contributed by atoms with Gasteiger partial charge in [0.05, 0.1) is 12.7 Å². The maximum Gasteiger partial charge on any atom is 0.291 e. The summed E-state index contributed by atoms with van der Waals surface area (Å²) in [4.78, 5) is 23.1. The number of hydrogen-bond donors (Lipinski definition) is 1. The van der Waals surface area contributed by atoms with Gasteiger partial charge in [0.1, 0.15) is 17.8 Å². The molecule has 1 amide bonds. The normalized spacial score (nSPS) is 13.4. The lowest BCUT2D eigenvalue weighted by Crippen LogP contribution is -2.21. The van der Waals surface area contributed by atoms with Gasteiger partial charge in [-0.15, -0.1) is 0 Å². The Morgan fingerprint density at radius 3 is 2.92 bits per heavy atom. The SMILES string of the molecule is COc1ccccc1-c1ccc(C(=O)NC2=CC=CC(CC=O)=CC2)o1. The number of hydrogen-bond acceptors (Lipinski definition) is 4. The van der Waals surface area contributed by atoms with Crippen LogP contribution in [0, 0.1) is 0 Å². The van der Waals surface area contributed by atoms with Gasteiger partial charge in [-0.1, -0.05) is 30.4 Å². The summed E-state index contributed by atoms with van der Waals surface area (Å²) in [5, 5.41) is 2.84. The van der Waals surface area contributed by atoms with E-state index in [9.17, 15) is 9.59 Å². The molecule has 1 aliphatic carbocycles. The molecule has 0 bridgehead atoms. The number of carbonyl (C=O) groups is 2. The van der Waals surface area contributed by atoms with Crippen LogP contribution in [0.1, 0.15) is 23.4 Å². The lowest BCUT2D eigenvalue weighted by atomic mass is 10.1. The van der Waals surface area contributed by atoms with Gasteiger partial charge in [-0.3, -0.25) is 4.79 Å². The molecule has 26 heavy (non-hydrogen) atoms. The number of carbonyl (C=O) groups excluding carboxylic acids is 2. The number of nitrogens with one attached hydrogen (secondary N) is 1. The lowest BCUT2D eigenvalue weighted by molar-refractivity contribution is -0.107. The second-order valence-corrected chi connectivity index (χ2v) is 5.72. The van der Waals surface area contributed by atoms with Crippen LogP contribution in [0.4, 0.5) is 0 Å². The van der Waals surface area contributed by atoms with E-state index in [2.05, 4.69) is 5.32 Å². The first kappa shape index (κ1) is 17.5. The van der Waals surface area contributed by atoms with E-state index in [0.717, 1.165) is 23.1 Å². The van der Waals surface area contributed by atoms with E-state index in [1.54, 1.807) is 19.2 Å². The molecule has 5 heteroatoms. The molecule has 1 aromatic carbocycles. The van der Waals surface area contributed by atoms with Crippen LogP contribution in [0.3, 0.4) is 0 Å². The highest BCUT2D eigenvalue weighted by atomic mass is 16.5. The molecule has 132 valence electrons. The first-order valence-corrected chi connectivity index (χ1v) is 8.25. The molecule has 0 atom stereocenters. The van der Waals surface area contributed by atoms with Gasteiger partial charge < -0.3 is 19.3 Å². The molecule has 5 nitrogen and oxygen atoms in total. The number of furan rings is 1. The second kappa shape index (κ2) is 8.16. The molecule has 0 unspecified atom stereocenters. The number of para-hydroxylation sites is 1. The van der Waals surface area contributed by atoms with Gasteiger partial charge in [-0.2, -0.15) is 0 Å². The minimum Gasteiger partial charge on any atom is -0.496 e. The van der Waals surface area contributed by atoms with E-state index in [1.807, 2.05) is 48.6 Å². The Bertz CT molecular complexity index is 902. The molecule has 3 rings (SSSR count). The molecule has 1 aromatic heterocycles. The first-order valence-electron chi connectivity index (χ1n) is 8.25. The molecule has 0 saturated heterocycles. The van der Waals surface area contributed by atoms with Crippen LogP contribution >= 0.6 is 0 Å². The predicted molar refractivity (Wildman–Crippen MR) is 98.8 cm³/mol. The summed E-state index contributed by atoms with van der Waals surface area (Å²) in [7, 11) is 1.59. The summed E-state index contributed by atoms with van der Waals surface area (Å²) >= 11 is 0. The van der Waals surface area contributed by atoms with E-state index >= 15 is 0 Å². The number of aldehydes is 1. The Morgan fingerprint density at radius 2 is 2.12 bits per heavy atom. The minimum atomic E-state index is -0.321. The van der Waals surface area contributed by atoms with Gasteiger partial charge in [0.15, 0.2) is 5.76 Å². The smallest absolute Gasteiger partial charge is 0.291 e. The van der Waals surface area contributed by atoms with Crippen molar-refractivity contribution < 1.29 is 18.7 Å². The van der Waals surface area contributed by atoms with Crippen LogP contribution in [0.15, 0.2) is 76.4 Å². The van der Waals surface area contributed by atoms with Crippen molar-refractivity contribution >= 4 is 12.2 Å². The van der Waals surface area contributed by atoms with E-state index < -0.39 is 0 Å². The average Bonchev–Trinajstić information content (AvgIpc) is 3.06. The fourth-order valence-electron chi connectivity index (χ4n) is 2.67. The average molecular weight is 349 g/mol. The summed E-state index contributed by atoms with van der Waals surface area (Å²) in [6.07, 6.45) is 9.19. The Hall–Kier alpha value is -3.34. The van der Waals surface area contributed by atoms with Gasteiger partial charge in [0.25, 0.3) is 5.91 Å². The van der Waals surface area contributed by atoms with Crippen LogP contribution in [0.25, 0.3) is 11.3 Å². The summed E-state index contributed by atoms with van der Waals surface area (Å²) in [6, 6.07) is 10.8. The molecule has 0 radical (unpaired) electrons. The van der Waals surface area contributed by atoms with Crippen molar-refractivity contribution in [2.24, 2.45) is 0 Å². The molecule has 1 heterocycles.